The maximum atomic E-state index is 11.3. The second-order valence-electron chi connectivity index (χ2n) is 5.23. The molecule has 6 heteroatoms. The summed E-state index contributed by atoms with van der Waals surface area (Å²) in [6, 6.07) is -0.230. The molecule has 0 radical (unpaired) electrons. The molecule has 0 saturated carbocycles. The minimum absolute atomic E-state index is 0.203. The first-order valence-electron chi connectivity index (χ1n) is 7.33. The zero-order valence-corrected chi connectivity index (χ0v) is 12.6. The summed E-state index contributed by atoms with van der Waals surface area (Å²) in [6.45, 7) is 5.31. The maximum absolute atomic E-state index is 11.3. The molecule has 0 aromatic heterocycles. The van der Waals surface area contributed by atoms with Gasteiger partial charge in [0.2, 0.25) is 0 Å². The van der Waals surface area contributed by atoms with Crippen LogP contribution in [0.25, 0.3) is 0 Å². The third kappa shape index (κ3) is 14.8. The molecular weight excluding hydrogens is 260 g/mol. The number of carboxylic acids is 1. The molecule has 20 heavy (non-hydrogen) atoms. The van der Waals surface area contributed by atoms with E-state index in [2.05, 4.69) is 24.5 Å². The summed E-state index contributed by atoms with van der Waals surface area (Å²) in [6.07, 6.45) is 5.86. The average molecular weight is 288 g/mol. The molecule has 0 heterocycles. The van der Waals surface area contributed by atoms with Crippen molar-refractivity contribution in [2.75, 3.05) is 26.3 Å². The van der Waals surface area contributed by atoms with E-state index in [4.69, 9.17) is 9.84 Å². The SMILES string of the molecule is CC(C)CCCCCCNC(=O)NCCOCC(=O)O. The van der Waals surface area contributed by atoms with Crippen LogP contribution in [0.4, 0.5) is 4.79 Å². The number of aliphatic carboxylic acids is 1. The summed E-state index contributed by atoms with van der Waals surface area (Å²) in [7, 11) is 0. The number of carboxylic acid groups (broad SMARTS) is 1. The molecule has 0 aliphatic heterocycles. The van der Waals surface area contributed by atoms with E-state index in [1.165, 1.54) is 19.3 Å². The smallest absolute Gasteiger partial charge is 0.329 e. The van der Waals surface area contributed by atoms with Crippen molar-refractivity contribution in [2.45, 2.75) is 46.0 Å². The molecule has 0 atom stereocenters. The Balaban J connectivity index is 3.22. The number of hydrogen-bond donors (Lipinski definition) is 3. The average Bonchev–Trinajstić information content (AvgIpc) is 2.36. The van der Waals surface area contributed by atoms with Crippen LogP contribution in [0.5, 0.6) is 0 Å². The van der Waals surface area contributed by atoms with Gasteiger partial charge in [-0.1, -0.05) is 39.5 Å². The van der Waals surface area contributed by atoms with Crippen molar-refractivity contribution in [1.29, 1.82) is 0 Å². The molecule has 0 bridgehead atoms. The number of unbranched alkanes of at least 4 members (excludes halogenated alkanes) is 3. The first-order valence-corrected chi connectivity index (χ1v) is 7.33. The van der Waals surface area contributed by atoms with Crippen molar-refractivity contribution >= 4 is 12.0 Å². The molecule has 0 fully saturated rings. The summed E-state index contributed by atoms with van der Waals surface area (Å²) < 4.78 is 4.79. The highest BCUT2D eigenvalue weighted by molar-refractivity contribution is 5.73. The summed E-state index contributed by atoms with van der Waals surface area (Å²) in [5.41, 5.74) is 0. The number of urea groups is 1. The van der Waals surface area contributed by atoms with Crippen LogP contribution < -0.4 is 10.6 Å². The van der Waals surface area contributed by atoms with Crippen LogP contribution in [-0.2, 0) is 9.53 Å². The Morgan fingerprint density at radius 3 is 2.35 bits per heavy atom. The second kappa shape index (κ2) is 12.7. The predicted molar refractivity (Wildman–Crippen MR) is 77.8 cm³/mol. The molecule has 3 N–H and O–H groups in total. The van der Waals surface area contributed by atoms with Gasteiger partial charge in [-0.2, -0.15) is 0 Å². The van der Waals surface area contributed by atoms with E-state index in [1.54, 1.807) is 0 Å². The topological polar surface area (TPSA) is 87.7 Å². The molecule has 0 aliphatic carbocycles. The van der Waals surface area contributed by atoms with Crippen molar-refractivity contribution in [3.8, 4) is 0 Å². The third-order valence-electron chi connectivity index (χ3n) is 2.75. The lowest BCUT2D eigenvalue weighted by molar-refractivity contribution is -0.142. The van der Waals surface area contributed by atoms with E-state index in [1.807, 2.05) is 0 Å². The molecule has 0 saturated heterocycles. The Morgan fingerprint density at radius 2 is 1.70 bits per heavy atom. The van der Waals surface area contributed by atoms with Gasteiger partial charge in [-0.3, -0.25) is 0 Å². The quantitative estimate of drug-likeness (QED) is 0.479. The van der Waals surface area contributed by atoms with Gasteiger partial charge in [0.1, 0.15) is 6.61 Å². The zero-order chi connectivity index (χ0) is 15.2. The first-order chi connectivity index (χ1) is 9.52. The third-order valence-corrected chi connectivity index (χ3v) is 2.75. The monoisotopic (exact) mass is 288 g/mol. The molecule has 6 nitrogen and oxygen atoms in total. The highest BCUT2D eigenvalue weighted by Gasteiger charge is 2.00. The fourth-order valence-electron chi connectivity index (χ4n) is 1.69. The van der Waals surface area contributed by atoms with Crippen molar-refractivity contribution < 1.29 is 19.4 Å². The van der Waals surface area contributed by atoms with Gasteiger partial charge in [0.15, 0.2) is 0 Å². The minimum Gasteiger partial charge on any atom is -0.480 e. The summed E-state index contributed by atoms with van der Waals surface area (Å²) >= 11 is 0. The Bertz CT molecular complexity index is 270. The van der Waals surface area contributed by atoms with E-state index in [0.29, 0.717) is 13.1 Å². The van der Waals surface area contributed by atoms with E-state index < -0.39 is 5.97 Å². The fraction of sp³-hybridized carbons (Fsp3) is 0.857. The van der Waals surface area contributed by atoms with Gasteiger partial charge in [-0.05, 0) is 12.3 Å². The van der Waals surface area contributed by atoms with Crippen LogP contribution in [0.15, 0.2) is 0 Å². The van der Waals surface area contributed by atoms with Crippen molar-refractivity contribution in [1.82, 2.24) is 10.6 Å². The van der Waals surface area contributed by atoms with Crippen LogP contribution in [-0.4, -0.2) is 43.4 Å². The molecule has 0 aromatic rings. The number of carbonyl (C=O) groups is 2. The largest absolute Gasteiger partial charge is 0.480 e. The summed E-state index contributed by atoms with van der Waals surface area (Å²) in [5, 5.41) is 13.7. The number of rotatable bonds is 12. The highest BCUT2D eigenvalue weighted by Crippen LogP contribution is 2.08. The Kier molecular flexibility index (Phi) is 11.9. The van der Waals surface area contributed by atoms with E-state index in [9.17, 15) is 9.59 Å². The lowest BCUT2D eigenvalue weighted by atomic mass is 10.0. The normalized spacial score (nSPS) is 10.6. The Morgan fingerprint density at radius 1 is 1.05 bits per heavy atom. The summed E-state index contributed by atoms with van der Waals surface area (Å²) in [5.74, 6) is -0.242. The summed E-state index contributed by atoms with van der Waals surface area (Å²) in [4.78, 5) is 21.5. The first kappa shape index (κ1) is 18.7. The standard InChI is InChI=1S/C14H28N2O4/c1-12(2)7-5-3-4-6-8-15-14(19)16-9-10-20-11-13(17)18/h12H,3-11H2,1-2H3,(H,17,18)(H2,15,16,19). The van der Waals surface area contributed by atoms with Gasteiger partial charge in [-0.25, -0.2) is 9.59 Å². The Labute approximate surface area is 121 Å². The molecule has 0 aliphatic rings. The lowest BCUT2D eigenvalue weighted by Crippen LogP contribution is -2.37. The molecule has 0 unspecified atom stereocenters. The highest BCUT2D eigenvalue weighted by atomic mass is 16.5. The van der Waals surface area contributed by atoms with Crippen molar-refractivity contribution in [3.63, 3.8) is 0 Å². The molecule has 0 aromatic carbocycles. The maximum Gasteiger partial charge on any atom is 0.329 e. The molecule has 0 rings (SSSR count). The van der Waals surface area contributed by atoms with Crippen LogP contribution in [0.3, 0.4) is 0 Å². The van der Waals surface area contributed by atoms with Crippen LogP contribution in [0, 0.1) is 5.92 Å². The van der Waals surface area contributed by atoms with Gasteiger partial charge in [-0.15, -0.1) is 0 Å². The van der Waals surface area contributed by atoms with Crippen LogP contribution in [0.1, 0.15) is 46.0 Å². The van der Waals surface area contributed by atoms with Gasteiger partial charge >= 0.3 is 12.0 Å². The van der Waals surface area contributed by atoms with E-state index in [0.717, 1.165) is 18.8 Å². The predicted octanol–water partition coefficient (Wildman–Crippen LogP) is 1.99. The van der Waals surface area contributed by atoms with Crippen LogP contribution in [0.2, 0.25) is 0 Å². The number of ether oxygens (including phenoxy) is 1. The Hall–Kier alpha value is -1.30. The number of hydrogen-bond acceptors (Lipinski definition) is 3. The number of nitrogens with one attached hydrogen (secondary N) is 2. The fourth-order valence-corrected chi connectivity index (χ4v) is 1.69. The van der Waals surface area contributed by atoms with Crippen molar-refractivity contribution in [3.05, 3.63) is 0 Å². The molecule has 2 amide bonds. The van der Waals surface area contributed by atoms with Gasteiger partial charge in [0.25, 0.3) is 0 Å². The number of carbonyl (C=O) groups excluding carboxylic acids is 1. The van der Waals surface area contributed by atoms with E-state index in [-0.39, 0.29) is 19.2 Å². The van der Waals surface area contributed by atoms with Gasteiger partial charge in [0.05, 0.1) is 6.61 Å². The zero-order valence-electron chi connectivity index (χ0n) is 12.6. The minimum atomic E-state index is -1.01. The van der Waals surface area contributed by atoms with E-state index >= 15 is 0 Å². The lowest BCUT2D eigenvalue weighted by Gasteiger charge is -2.08. The molecule has 0 spiro atoms. The molecular formula is C14H28N2O4. The van der Waals surface area contributed by atoms with Gasteiger partial charge < -0.3 is 20.5 Å². The van der Waals surface area contributed by atoms with Crippen LogP contribution >= 0.6 is 0 Å². The molecule has 118 valence electrons. The van der Waals surface area contributed by atoms with Crippen molar-refractivity contribution in [2.24, 2.45) is 5.92 Å². The number of amides is 2. The van der Waals surface area contributed by atoms with Gasteiger partial charge in [0, 0.05) is 13.1 Å². The second-order valence-corrected chi connectivity index (χ2v) is 5.23.